The van der Waals surface area contributed by atoms with Crippen LogP contribution in [0.4, 0.5) is 0 Å². The molecule has 0 saturated carbocycles. The minimum atomic E-state index is -0.247. The SMILES string of the molecule is CCOC(=O)C1=C(SC)c2cccc3cccc1[n+]23. The molecule has 0 bridgehead atoms. The number of ether oxygens (including phenoxy) is 1. The Morgan fingerprint density at radius 1 is 1.21 bits per heavy atom. The van der Waals surface area contributed by atoms with Crippen molar-refractivity contribution in [2.45, 2.75) is 6.92 Å². The van der Waals surface area contributed by atoms with Gasteiger partial charge in [-0.05, 0) is 25.3 Å². The molecule has 0 aromatic carbocycles. The molecule has 0 atom stereocenters. The molecule has 19 heavy (non-hydrogen) atoms. The van der Waals surface area contributed by atoms with Gasteiger partial charge in [-0.3, -0.25) is 0 Å². The van der Waals surface area contributed by atoms with E-state index in [0.29, 0.717) is 12.2 Å². The van der Waals surface area contributed by atoms with Crippen LogP contribution >= 0.6 is 11.8 Å². The molecule has 96 valence electrons. The number of thioether (sulfide) groups is 1. The molecule has 0 radical (unpaired) electrons. The van der Waals surface area contributed by atoms with Gasteiger partial charge in [-0.15, -0.1) is 11.8 Å². The molecule has 0 amide bonds. The Bertz CT molecular complexity index is 701. The average molecular weight is 272 g/mol. The molecule has 0 saturated heterocycles. The fourth-order valence-electron chi connectivity index (χ4n) is 2.46. The van der Waals surface area contributed by atoms with Crippen LogP contribution in [0.5, 0.6) is 0 Å². The molecule has 2 aromatic heterocycles. The Labute approximate surface area is 115 Å². The lowest BCUT2D eigenvalue weighted by Crippen LogP contribution is -2.28. The van der Waals surface area contributed by atoms with Gasteiger partial charge in [-0.25, -0.2) is 4.79 Å². The highest BCUT2D eigenvalue weighted by molar-refractivity contribution is 8.08. The van der Waals surface area contributed by atoms with Crippen LogP contribution in [0.15, 0.2) is 36.4 Å². The maximum absolute atomic E-state index is 12.2. The van der Waals surface area contributed by atoms with E-state index in [9.17, 15) is 4.79 Å². The van der Waals surface area contributed by atoms with E-state index in [1.54, 1.807) is 11.8 Å². The second kappa shape index (κ2) is 4.70. The minimum Gasteiger partial charge on any atom is -0.462 e. The molecule has 3 rings (SSSR count). The lowest BCUT2D eigenvalue weighted by molar-refractivity contribution is -0.514. The first-order chi connectivity index (χ1) is 9.27. The third-order valence-corrected chi connectivity index (χ3v) is 4.00. The zero-order chi connectivity index (χ0) is 13.4. The molecule has 0 spiro atoms. The molecule has 0 fully saturated rings. The molecule has 1 aliphatic heterocycles. The smallest absolute Gasteiger partial charge is 0.346 e. The van der Waals surface area contributed by atoms with Gasteiger partial charge in [0.2, 0.25) is 16.9 Å². The summed E-state index contributed by atoms with van der Waals surface area (Å²) < 4.78 is 7.31. The Kier molecular flexibility index (Phi) is 3.03. The van der Waals surface area contributed by atoms with Gasteiger partial charge in [0, 0.05) is 24.3 Å². The monoisotopic (exact) mass is 272 g/mol. The Morgan fingerprint density at radius 3 is 2.53 bits per heavy atom. The number of pyridine rings is 2. The fourth-order valence-corrected chi connectivity index (χ4v) is 3.22. The van der Waals surface area contributed by atoms with Gasteiger partial charge >= 0.3 is 5.97 Å². The van der Waals surface area contributed by atoms with Gasteiger partial charge in [0.25, 0.3) is 0 Å². The number of aromatic nitrogens is 1. The molecular weight excluding hydrogens is 258 g/mol. The van der Waals surface area contributed by atoms with Crippen molar-refractivity contribution in [3.05, 3.63) is 47.8 Å². The van der Waals surface area contributed by atoms with E-state index < -0.39 is 0 Å². The van der Waals surface area contributed by atoms with Crippen LogP contribution in [-0.4, -0.2) is 18.8 Å². The van der Waals surface area contributed by atoms with Gasteiger partial charge in [0.1, 0.15) is 4.91 Å². The quantitative estimate of drug-likeness (QED) is 0.635. The number of nitrogens with zero attached hydrogens (tertiary/aromatic N) is 1. The second-order valence-electron chi connectivity index (χ2n) is 4.21. The van der Waals surface area contributed by atoms with Crippen LogP contribution in [0.3, 0.4) is 0 Å². The van der Waals surface area contributed by atoms with E-state index in [1.165, 1.54) is 0 Å². The summed E-state index contributed by atoms with van der Waals surface area (Å²) in [6.07, 6.45) is 1.99. The van der Waals surface area contributed by atoms with Crippen molar-refractivity contribution in [2.75, 3.05) is 12.9 Å². The number of rotatable bonds is 3. The van der Waals surface area contributed by atoms with Crippen molar-refractivity contribution >= 4 is 33.7 Å². The van der Waals surface area contributed by atoms with Crippen molar-refractivity contribution < 1.29 is 13.9 Å². The van der Waals surface area contributed by atoms with Gasteiger partial charge in [-0.1, -0.05) is 0 Å². The Balaban J connectivity index is 2.30. The topological polar surface area (TPSA) is 30.4 Å². The maximum atomic E-state index is 12.2. The minimum absolute atomic E-state index is 0.247. The van der Waals surface area contributed by atoms with E-state index in [1.807, 2.05) is 49.6 Å². The zero-order valence-corrected chi connectivity index (χ0v) is 11.7. The molecule has 4 heteroatoms. The lowest BCUT2D eigenvalue weighted by atomic mass is 10.2. The van der Waals surface area contributed by atoms with Crippen molar-refractivity contribution in [3.63, 3.8) is 0 Å². The van der Waals surface area contributed by atoms with Crippen LogP contribution in [0.2, 0.25) is 0 Å². The van der Waals surface area contributed by atoms with E-state index >= 15 is 0 Å². The zero-order valence-electron chi connectivity index (χ0n) is 10.8. The van der Waals surface area contributed by atoms with Crippen molar-refractivity contribution in [3.8, 4) is 0 Å². The number of hydrogen-bond donors (Lipinski definition) is 0. The van der Waals surface area contributed by atoms with Crippen molar-refractivity contribution in [1.29, 1.82) is 0 Å². The summed E-state index contributed by atoms with van der Waals surface area (Å²) in [5, 5.41) is 0. The Hall–Kier alpha value is -1.81. The number of carbonyl (C=O) groups is 1. The molecule has 3 heterocycles. The summed E-state index contributed by atoms with van der Waals surface area (Å²) in [7, 11) is 0. The third kappa shape index (κ3) is 1.75. The first kappa shape index (κ1) is 12.2. The average Bonchev–Trinajstić information content (AvgIpc) is 2.76. The van der Waals surface area contributed by atoms with E-state index in [2.05, 4.69) is 4.40 Å². The predicted octanol–water partition coefficient (Wildman–Crippen LogP) is 2.53. The molecule has 2 aromatic rings. The van der Waals surface area contributed by atoms with Crippen molar-refractivity contribution in [1.82, 2.24) is 0 Å². The maximum Gasteiger partial charge on any atom is 0.346 e. The summed E-state index contributed by atoms with van der Waals surface area (Å²) in [5.41, 5.74) is 3.73. The van der Waals surface area contributed by atoms with E-state index in [0.717, 1.165) is 21.8 Å². The van der Waals surface area contributed by atoms with E-state index in [4.69, 9.17) is 4.74 Å². The number of esters is 1. The standard InChI is InChI=1S/C15H14NO2S/c1-3-18-15(17)13-11-8-4-6-10-7-5-9-12(16(10)11)14(13)19-2/h4-9H,3H2,1-2H3/q+1. The summed E-state index contributed by atoms with van der Waals surface area (Å²) in [6.45, 7) is 2.22. The number of hydrogen-bond acceptors (Lipinski definition) is 3. The lowest BCUT2D eigenvalue weighted by Gasteiger charge is -2.01. The highest BCUT2D eigenvalue weighted by atomic mass is 32.2. The molecule has 0 aliphatic carbocycles. The van der Waals surface area contributed by atoms with Crippen molar-refractivity contribution in [2.24, 2.45) is 0 Å². The molecule has 0 N–H and O–H groups in total. The van der Waals surface area contributed by atoms with Crippen LogP contribution in [0.25, 0.3) is 16.0 Å². The summed E-state index contributed by atoms with van der Waals surface area (Å²) >= 11 is 1.58. The van der Waals surface area contributed by atoms with Gasteiger partial charge in [0.05, 0.1) is 6.61 Å². The highest BCUT2D eigenvalue weighted by Gasteiger charge is 2.36. The number of carbonyl (C=O) groups excluding carboxylic acids is 1. The molecular formula is C15H14NO2S+. The van der Waals surface area contributed by atoms with Crippen LogP contribution in [0.1, 0.15) is 18.3 Å². The fraction of sp³-hybridized carbons (Fsp3) is 0.200. The summed E-state index contributed by atoms with van der Waals surface area (Å²) in [6, 6.07) is 12.1. The van der Waals surface area contributed by atoms with Crippen LogP contribution in [-0.2, 0) is 9.53 Å². The third-order valence-electron chi connectivity index (χ3n) is 3.18. The first-order valence-corrected chi connectivity index (χ1v) is 7.40. The summed E-state index contributed by atoms with van der Waals surface area (Å²) in [4.78, 5) is 13.2. The second-order valence-corrected chi connectivity index (χ2v) is 5.03. The molecule has 1 aliphatic rings. The van der Waals surface area contributed by atoms with Crippen LogP contribution < -0.4 is 4.40 Å². The highest BCUT2D eigenvalue weighted by Crippen LogP contribution is 2.36. The Morgan fingerprint density at radius 2 is 1.89 bits per heavy atom. The normalized spacial score (nSPS) is 13.2. The summed E-state index contributed by atoms with van der Waals surface area (Å²) in [5.74, 6) is -0.247. The van der Waals surface area contributed by atoms with Gasteiger partial charge in [-0.2, -0.15) is 4.40 Å². The molecule has 0 unspecified atom stereocenters. The molecule has 3 nitrogen and oxygen atoms in total. The predicted molar refractivity (Wildman–Crippen MR) is 76.6 cm³/mol. The largest absolute Gasteiger partial charge is 0.462 e. The van der Waals surface area contributed by atoms with E-state index in [-0.39, 0.29) is 5.97 Å². The van der Waals surface area contributed by atoms with Gasteiger partial charge < -0.3 is 4.74 Å². The van der Waals surface area contributed by atoms with Gasteiger partial charge in [0.15, 0.2) is 5.57 Å². The van der Waals surface area contributed by atoms with Crippen LogP contribution in [0, 0.1) is 0 Å². The first-order valence-electron chi connectivity index (χ1n) is 6.18.